The number of nitrogens with zero attached hydrogens (tertiary/aromatic N) is 2. The summed E-state index contributed by atoms with van der Waals surface area (Å²) in [6.07, 6.45) is 0.0791. The van der Waals surface area contributed by atoms with Crippen LogP contribution in [0.25, 0.3) is 22.2 Å². The molecule has 4 aromatic rings. The van der Waals surface area contributed by atoms with Gasteiger partial charge in [-0.2, -0.15) is 0 Å². The number of aromatic nitrogens is 2. The van der Waals surface area contributed by atoms with Crippen LogP contribution in [0.4, 0.5) is 4.39 Å². The SMILES string of the molecule is C[C@](O)(CCC(=O)c1ccc2ccccc2n1)c1cc2c(c(-c3ccc(F)cc3)n1)OC[C@]2(C)C(N)=O. The maximum absolute atomic E-state index is 13.6. The van der Waals surface area contributed by atoms with E-state index >= 15 is 0 Å². The van der Waals surface area contributed by atoms with Crippen LogP contribution in [0, 0.1) is 5.82 Å². The summed E-state index contributed by atoms with van der Waals surface area (Å²) in [5, 5.41) is 12.4. The maximum atomic E-state index is 13.6. The minimum Gasteiger partial charge on any atom is -0.489 e. The first-order chi connectivity index (χ1) is 17.6. The first-order valence-electron chi connectivity index (χ1n) is 11.9. The predicted molar refractivity (Wildman–Crippen MR) is 137 cm³/mol. The molecule has 0 saturated heterocycles. The lowest BCUT2D eigenvalue weighted by Crippen LogP contribution is -2.40. The van der Waals surface area contributed by atoms with Gasteiger partial charge in [0.2, 0.25) is 5.91 Å². The van der Waals surface area contributed by atoms with E-state index in [2.05, 4.69) is 9.97 Å². The summed E-state index contributed by atoms with van der Waals surface area (Å²) in [5.74, 6) is -0.835. The molecule has 3 N–H and O–H groups in total. The van der Waals surface area contributed by atoms with Crippen molar-refractivity contribution in [2.75, 3.05) is 6.61 Å². The topological polar surface area (TPSA) is 115 Å². The maximum Gasteiger partial charge on any atom is 0.231 e. The predicted octanol–water partition coefficient (Wildman–Crippen LogP) is 4.44. The molecule has 3 heterocycles. The third kappa shape index (κ3) is 4.44. The number of ketones is 1. The van der Waals surface area contributed by atoms with Crippen LogP contribution in [0.5, 0.6) is 5.75 Å². The highest BCUT2D eigenvalue weighted by Crippen LogP contribution is 2.45. The number of hydrogen-bond donors (Lipinski definition) is 2. The molecule has 0 spiro atoms. The van der Waals surface area contributed by atoms with E-state index in [1.165, 1.54) is 12.1 Å². The molecule has 1 aliphatic rings. The lowest BCUT2D eigenvalue weighted by atomic mass is 9.81. The van der Waals surface area contributed by atoms with Gasteiger partial charge in [0.25, 0.3) is 0 Å². The van der Waals surface area contributed by atoms with Crippen molar-refractivity contribution in [1.29, 1.82) is 0 Å². The van der Waals surface area contributed by atoms with Gasteiger partial charge in [-0.3, -0.25) is 9.59 Å². The van der Waals surface area contributed by atoms with Gasteiger partial charge in [-0.05, 0) is 62.7 Å². The van der Waals surface area contributed by atoms with Crippen LogP contribution < -0.4 is 10.5 Å². The number of para-hydroxylation sites is 1. The van der Waals surface area contributed by atoms with Crippen LogP contribution in [0.2, 0.25) is 0 Å². The lowest BCUT2D eigenvalue weighted by Gasteiger charge is -2.26. The van der Waals surface area contributed by atoms with Crippen LogP contribution in [0.3, 0.4) is 0 Å². The first kappa shape index (κ1) is 24.5. The van der Waals surface area contributed by atoms with Crippen LogP contribution in [-0.2, 0) is 15.8 Å². The van der Waals surface area contributed by atoms with Crippen LogP contribution >= 0.6 is 0 Å². The average Bonchev–Trinajstić information content (AvgIpc) is 3.25. The van der Waals surface area contributed by atoms with E-state index in [1.54, 1.807) is 38.1 Å². The number of carbonyl (C=O) groups is 2. The molecular formula is C29H26FN3O4. The number of hydrogen-bond acceptors (Lipinski definition) is 6. The monoisotopic (exact) mass is 499 g/mol. The molecule has 188 valence electrons. The molecule has 37 heavy (non-hydrogen) atoms. The number of rotatable bonds is 7. The van der Waals surface area contributed by atoms with Gasteiger partial charge in [-0.15, -0.1) is 0 Å². The van der Waals surface area contributed by atoms with Crippen LogP contribution in [0.1, 0.15) is 48.4 Å². The van der Waals surface area contributed by atoms with Gasteiger partial charge in [0.05, 0.1) is 11.2 Å². The highest BCUT2D eigenvalue weighted by atomic mass is 19.1. The van der Waals surface area contributed by atoms with Gasteiger partial charge in [0, 0.05) is 22.9 Å². The Morgan fingerprint density at radius 3 is 2.57 bits per heavy atom. The highest BCUT2D eigenvalue weighted by molar-refractivity contribution is 5.96. The largest absolute Gasteiger partial charge is 0.489 e. The first-order valence-corrected chi connectivity index (χ1v) is 11.9. The number of benzene rings is 2. The molecule has 0 unspecified atom stereocenters. The number of Topliss-reactive ketones (excluding diaryl/α,β-unsaturated/α-hetero) is 1. The Hall–Kier alpha value is -4.17. The number of pyridine rings is 2. The summed E-state index contributed by atoms with van der Waals surface area (Å²) in [5.41, 5.74) is 5.75. The molecule has 2 aromatic carbocycles. The summed E-state index contributed by atoms with van der Waals surface area (Å²) in [7, 11) is 0. The molecule has 2 aromatic heterocycles. The number of ether oxygens (including phenoxy) is 1. The highest BCUT2D eigenvalue weighted by Gasteiger charge is 2.45. The fourth-order valence-corrected chi connectivity index (χ4v) is 4.50. The minimum absolute atomic E-state index is 0.0191. The molecule has 0 fully saturated rings. The van der Waals surface area contributed by atoms with E-state index in [1.807, 2.05) is 30.3 Å². The Morgan fingerprint density at radius 2 is 1.84 bits per heavy atom. The van der Waals surface area contributed by atoms with Crippen molar-refractivity contribution in [3.8, 4) is 17.0 Å². The Morgan fingerprint density at radius 1 is 1.11 bits per heavy atom. The van der Waals surface area contributed by atoms with Crippen LogP contribution in [0.15, 0.2) is 66.7 Å². The van der Waals surface area contributed by atoms with Crippen molar-refractivity contribution in [3.63, 3.8) is 0 Å². The number of halogens is 1. The van der Waals surface area contributed by atoms with Gasteiger partial charge in [0.15, 0.2) is 5.78 Å². The van der Waals surface area contributed by atoms with Gasteiger partial charge in [-0.25, -0.2) is 14.4 Å². The molecule has 2 atom stereocenters. The molecule has 1 amide bonds. The molecule has 0 bridgehead atoms. The molecular weight excluding hydrogens is 473 g/mol. The average molecular weight is 500 g/mol. The van der Waals surface area contributed by atoms with Crippen molar-refractivity contribution in [1.82, 2.24) is 9.97 Å². The van der Waals surface area contributed by atoms with Crippen molar-refractivity contribution < 1.29 is 23.8 Å². The van der Waals surface area contributed by atoms with Gasteiger partial charge >= 0.3 is 0 Å². The number of nitrogens with two attached hydrogens (primary N) is 1. The molecule has 0 radical (unpaired) electrons. The Balaban J connectivity index is 1.49. The molecule has 0 aliphatic carbocycles. The standard InChI is InChI=1S/C29H26FN3O4/c1-28(27(31)35)16-37-26-20(28)15-24(33-25(26)18-7-10-19(30)11-8-18)29(2,36)14-13-23(34)22-12-9-17-5-3-4-6-21(17)32-22/h3-12,15,36H,13-14,16H2,1-2H3,(H2,31,35)/t28-,29-/m0/s1. The number of aliphatic hydroxyl groups is 1. The summed E-state index contributed by atoms with van der Waals surface area (Å²) in [6, 6.07) is 18.3. The third-order valence-corrected chi connectivity index (χ3v) is 7.01. The summed E-state index contributed by atoms with van der Waals surface area (Å²) in [4.78, 5) is 34.4. The molecule has 1 aliphatic heterocycles. The Labute approximate surface area is 213 Å². The fourth-order valence-electron chi connectivity index (χ4n) is 4.50. The summed E-state index contributed by atoms with van der Waals surface area (Å²) >= 11 is 0. The second-order valence-corrected chi connectivity index (χ2v) is 9.81. The second kappa shape index (κ2) is 9.05. The quantitative estimate of drug-likeness (QED) is 0.363. The zero-order valence-corrected chi connectivity index (χ0v) is 20.5. The number of amides is 1. The van der Waals surface area contributed by atoms with E-state index in [4.69, 9.17) is 10.5 Å². The zero-order chi connectivity index (χ0) is 26.4. The molecule has 7 nitrogen and oxygen atoms in total. The van der Waals surface area contributed by atoms with E-state index in [9.17, 15) is 19.1 Å². The van der Waals surface area contributed by atoms with Crippen LogP contribution in [-0.4, -0.2) is 33.4 Å². The normalized spacial score (nSPS) is 18.2. The van der Waals surface area contributed by atoms with Crippen molar-refractivity contribution in [3.05, 3.63) is 89.5 Å². The molecule has 8 heteroatoms. The van der Waals surface area contributed by atoms with E-state index in [0.717, 1.165) is 10.9 Å². The van der Waals surface area contributed by atoms with E-state index in [-0.39, 0.29) is 30.9 Å². The number of fused-ring (bicyclic) bond motifs is 2. The number of carbonyl (C=O) groups excluding carboxylic acids is 2. The van der Waals surface area contributed by atoms with E-state index in [0.29, 0.717) is 28.3 Å². The van der Waals surface area contributed by atoms with Gasteiger partial charge in [-0.1, -0.05) is 24.3 Å². The zero-order valence-electron chi connectivity index (χ0n) is 20.5. The van der Waals surface area contributed by atoms with Gasteiger partial charge in [0.1, 0.15) is 40.6 Å². The molecule has 0 saturated carbocycles. The fraction of sp³-hybridized carbons (Fsp3) is 0.241. The van der Waals surface area contributed by atoms with E-state index < -0.39 is 22.7 Å². The molecule has 5 rings (SSSR count). The lowest BCUT2D eigenvalue weighted by molar-refractivity contribution is -0.123. The second-order valence-electron chi connectivity index (χ2n) is 9.81. The summed E-state index contributed by atoms with van der Waals surface area (Å²) in [6.45, 7) is 3.25. The minimum atomic E-state index is -1.53. The Bertz CT molecular complexity index is 1530. The summed E-state index contributed by atoms with van der Waals surface area (Å²) < 4.78 is 19.4. The van der Waals surface area contributed by atoms with Crippen molar-refractivity contribution >= 4 is 22.6 Å². The van der Waals surface area contributed by atoms with Crippen molar-refractivity contribution in [2.45, 2.75) is 37.7 Å². The van der Waals surface area contributed by atoms with Gasteiger partial charge < -0.3 is 15.6 Å². The smallest absolute Gasteiger partial charge is 0.231 e. The number of primary amides is 1. The Kier molecular flexibility index (Phi) is 6.00. The van der Waals surface area contributed by atoms with Crippen molar-refractivity contribution in [2.24, 2.45) is 5.73 Å². The third-order valence-electron chi connectivity index (χ3n) is 7.01.